The van der Waals surface area contributed by atoms with Gasteiger partial charge in [0, 0.05) is 25.8 Å². The van der Waals surface area contributed by atoms with Crippen LogP contribution in [0.25, 0.3) is 0 Å². The third-order valence-corrected chi connectivity index (χ3v) is 1.90. The second-order valence-corrected chi connectivity index (χ2v) is 2.95. The molecule has 0 saturated heterocycles. The molecular weight excluding hydrogens is 182 g/mol. The Bertz CT molecular complexity index is 289. The van der Waals surface area contributed by atoms with E-state index in [9.17, 15) is 10.2 Å². The molecule has 0 aliphatic rings. The zero-order chi connectivity index (χ0) is 10.4. The van der Waals surface area contributed by atoms with Crippen LogP contribution in [0.5, 0.6) is 11.5 Å². The minimum absolute atomic E-state index is 0.0579. The molecule has 0 radical (unpaired) electrons. The average molecular weight is 197 g/mol. The Labute approximate surface area is 83.1 Å². The molecule has 1 rings (SSSR count). The van der Waals surface area contributed by atoms with Gasteiger partial charge in [-0.25, -0.2) is 0 Å². The number of nitrogens with one attached hydrogen (secondary N) is 1. The summed E-state index contributed by atoms with van der Waals surface area (Å²) in [5.74, 6) is -0.145. The van der Waals surface area contributed by atoms with Crippen LogP contribution in [-0.4, -0.2) is 30.5 Å². The molecule has 0 fully saturated rings. The highest BCUT2D eigenvalue weighted by atomic mass is 16.5. The molecule has 0 saturated carbocycles. The normalized spacial score (nSPS) is 10.4. The molecule has 0 aliphatic carbocycles. The number of phenolic OH excluding ortho intramolecular Hbond substituents is 2. The molecule has 3 N–H and O–H groups in total. The van der Waals surface area contributed by atoms with Gasteiger partial charge in [-0.05, 0) is 6.07 Å². The Hall–Kier alpha value is -1.26. The molecule has 4 nitrogen and oxygen atoms in total. The molecule has 78 valence electrons. The second kappa shape index (κ2) is 5.47. The van der Waals surface area contributed by atoms with Crippen molar-refractivity contribution in [2.24, 2.45) is 0 Å². The van der Waals surface area contributed by atoms with E-state index in [-0.39, 0.29) is 11.5 Å². The minimum atomic E-state index is -0.0870. The molecule has 14 heavy (non-hydrogen) atoms. The number of ether oxygens (including phenoxy) is 1. The van der Waals surface area contributed by atoms with Crippen molar-refractivity contribution in [3.63, 3.8) is 0 Å². The number of rotatable bonds is 5. The zero-order valence-corrected chi connectivity index (χ0v) is 8.16. The van der Waals surface area contributed by atoms with Crippen LogP contribution in [0.2, 0.25) is 0 Å². The summed E-state index contributed by atoms with van der Waals surface area (Å²) in [6.45, 7) is 1.86. The molecule has 0 aliphatic heterocycles. The highest BCUT2D eigenvalue weighted by molar-refractivity contribution is 5.44. The number of phenols is 2. The van der Waals surface area contributed by atoms with Crippen molar-refractivity contribution in [3.05, 3.63) is 23.8 Å². The van der Waals surface area contributed by atoms with E-state index in [4.69, 9.17) is 4.74 Å². The smallest absolute Gasteiger partial charge is 0.161 e. The van der Waals surface area contributed by atoms with Crippen LogP contribution in [0, 0.1) is 0 Å². The Morgan fingerprint density at radius 1 is 1.36 bits per heavy atom. The van der Waals surface area contributed by atoms with Gasteiger partial charge in [0.25, 0.3) is 0 Å². The van der Waals surface area contributed by atoms with Crippen molar-refractivity contribution in [2.45, 2.75) is 6.54 Å². The highest BCUT2D eigenvalue weighted by Gasteiger charge is 2.04. The average Bonchev–Trinajstić information content (AvgIpc) is 2.19. The summed E-state index contributed by atoms with van der Waals surface area (Å²) in [5.41, 5.74) is 0.682. The number of benzene rings is 1. The van der Waals surface area contributed by atoms with Gasteiger partial charge in [0.15, 0.2) is 11.5 Å². The first-order chi connectivity index (χ1) is 6.75. The molecule has 0 amide bonds. The largest absolute Gasteiger partial charge is 0.504 e. The van der Waals surface area contributed by atoms with E-state index in [1.165, 1.54) is 6.07 Å². The van der Waals surface area contributed by atoms with Gasteiger partial charge < -0.3 is 20.3 Å². The summed E-state index contributed by atoms with van der Waals surface area (Å²) < 4.78 is 4.86. The summed E-state index contributed by atoms with van der Waals surface area (Å²) in [5, 5.41) is 21.7. The maximum absolute atomic E-state index is 9.43. The fourth-order valence-electron chi connectivity index (χ4n) is 1.12. The summed E-state index contributed by atoms with van der Waals surface area (Å²) in [6, 6.07) is 4.91. The molecule has 1 aromatic carbocycles. The van der Waals surface area contributed by atoms with Crippen LogP contribution in [0.4, 0.5) is 0 Å². The van der Waals surface area contributed by atoms with Crippen molar-refractivity contribution in [3.8, 4) is 11.5 Å². The lowest BCUT2D eigenvalue weighted by molar-refractivity contribution is 0.199. The molecule has 0 bridgehead atoms. The molecule has 4 heteroatoms. The number of methoxy groups -OCH3 is 1. The van der Waals surface area contributed by atoms with Crippen LogP contribution >= 0.6 is 0 Å². The SMILES string of the molecule is COCCNCc1cccc(O)c1O. The van der Waals surface area contributed by atoms with Gasteiger partial charge in [0.2, 0.25) is 0 Å². The predicted octanol–water partition coefficient (Wildman–Crippen LogP) is 0.834. The van der Waals surface area contributed by atoms with Crippen molar-refractivity contribution in [1.29, 1.82) is 0 Å². The Morgan fingerprint density at radius 3 is 2.86 bits per heavy atom. The van der Waals surface area contributed by atoms with E-state index in [0.29, 0.717) is 25.3 Å². The van der Waals surface area contributed by atoms with Crippen LogP contribution in [0.15, 0.2) is 18.2 Å². The van der Waals surface area contributed by atoms with Gasteiger partial charge >= 0.3 is 0 Å². The third kappa shape index (κ3) is 2.90. The number of hydrogen-bond acceptors (Lipinski definition) is 4. The maximum atomic E-state index is 9.43. The topological polar surface area (TPSA) is 61.7 Å². The van der Waals surface area contributed by atoms with Crippen molar-refractivity contribution >= 4 is 0 Å². The molecule has 0 aromatic heterocycles. The van der Waals surface area contributed by atoms with Crippen LogP contribution < -0.4 is 5.32 Å². The van der Waals surface area contributed by atoms with Gasteiger partial charge in [-0.15, -0.1) is 0 Å². The number of aromatic hydroxyl groups is 2. The summed E-state index contributed by atoms with van der Waals surface area (Å²) >= 11 is 0. The van der Waals surface area contributed by atoms with Gasteiger partial charge in [-0.1, -0.05) is 12.1 Å². The quantitative estimate of drug-likeness (QED) is 0.483. The first-order valence-corrected chi connectivity index (χ1v) is 4.45. The summed E-state index contributed by atoms with van der Waals surface area (Å²) in [4.78, 5) is 0. The Balaban J connectivity index is 2.46. The first kappa shape index (κ1) is 10.8. The van der Waals surface area contributed by atoms with Gasteiger partial charge in [0.1, 0.15) is 0 Å². The lowest BCUT2D eigenvalue weighted by Gasteiger charge is -2.07. The third-order valence-electron chi connectivity index (χ3n) is 1.90. The summed E-state index contributed by atoms with van der Waals surface area (Å²) in [7, 11) is 1.63. The first-order valence-electron chi connectivity index (χ1n) is 4.45. The van der Waals surface area contributed by atoms with Crippen molar-refractivity contribution < 1.29 is 14.9 Å². The molecule has 0 unspecified atom stereocenters. The molecule has 0 atom stereocenters. The lowest BCUT2D eigenvalue weighted by Crippen LogP contribution is -2.18. The lowest BCUT2D eigenvalue weighted by atomic mass is 10.2. The van der Waals surface area contributed by atoms with E-state index in [1.807, 2.05) is 0 Å². The van der Waals surface area contributed by atoms with Crippen molar-refractivity contribution in [2.75, 3.05) is 20.3 Å². The standard InChI is InChI=1S/C10H15NO3/c1-14-6-5-11-7-8-3-2-4-9(12)10(8)13/h2-4,11-13H,5-7H2,1H3. The molecular formula is C10H15NO3. The number of hydrogen-bond donors (Lipinski definition) is 3. The molecule has 1 aromatic rings. The maximum Gasteiger partial charge on any atom is 0.161 e. The highest BCUT2D eigenvalue weighted by Crippen LogP contribution is 2.27. The fraction of sp³-hybridized carbons (Fsp3) is 0.400. The van der Waals surface area contributed by atoms with E-state index >= 15 is 0 Å². The van der Waals surface area contributed by atoms with Crippen LogP contribution in [-0.2, 0) is 11.3 Å². The van der Waals surface area contributed by atoms with Crippen LogP contribution in [0.1, 0.15) is 5.56 Å². The monoisotopic (exact) mass is 197 g/mol. The van der Waals surface area contributed by atoms with E-state index < -0.39 is 0 Å². The Morgan fingerprint density at radius 2 is 2.14 bits per heavy atom. The van der Waals surface area contributed by atoms with Crippen LogP contribution in [0.3, 0.4) is 0 Å². The minimum Gasteiger partial charge on any atom is -0.504 e. The second-order valence-electron chi connectivity index (χ2n) is 2.95. The summed E-state index contributed by atoms with van der Waals surface area (Å²) in [6.07, 6.45) is 0. The molecule has 0 heterocycles. The van der Waals surface area contributed by atoms with E-state index in [0.717, 1.165) is 0 Å². The fourth-order valence-corrected chi connectivity index (χ4v) is 1.12. The van der Waals surface area contributed by atoms with E-state index in [2.05, 4.69) is 5.32 Å². The van der Waals surface area contributed by atoms with E-state index in [1.54, 1.807) is 19.2 Å². The molecule has 0 spiro atoms. The predicted molar refractivity (Wildman–Crippen MR) is 53.4 cm³/mol. The van der Waals surface area contributed by atoms with Gasteiger partial charge in [-0.3, -0.25) is 0 Å². The zero-order valence-electron chi connectivity index (χ0n) is 8.16. The Kier molecular flexibility index (Phi) is 4.22. The number of para-hydroxylation sites is 1. The van der Waals surface area contributed by atoms with Gasteiger partial charge in [0.05, 0.1) is 6.61 Å². The van der Waals surface area contributed by atoms with Gasteiger partial charge in [-0.2, -0.15) is 0 Å². The van der Waals surface area contributed by atoms with Crippen molar-refractivity contribution in [1.82, 2.24) is 5.32 Å².